The van der Waals surface area contributed by atoms with Crippen LogP contribution in [-0.4, -0.2) is 11.0 Å². The number of halogens is 1. The summed E-state index contributed by atoms with van der Waals surface area (Å²) in [4.78, 5) is 1.11. The molecule has 2 rings (SSSR count). The van der Waals surface area contributed by atoms with E-state index >= 15 is 0 Å². The van der Waals surface area contributed by atoms with E-state index in [1.807, 2.05) is 30.3 Å². The fourth-order valence-electron chi connectivity index (χ4n) is 1.62. The first kappa shape index (κ1) is 13.4. The van der Waals surface area contributed by atoms with E-state index < -0.39 is 5.82 Å². The Hall–Kier alpha value is -2.01. The number of rotatable bonds is 4. The minimum Gasteiger partial charge on any atom is -0.409 e. The summed E-state index contributed by atoms with van der Waals surface area (Å²) in [7, 11) is 0. The summed E-state index contributed by atoms with van der Waals surface area (Å²) in [5.74, 6) is 0.131. The molecule has 19 heavy (non-hydrogen) atoms. The molecule has 2 aromatic rings. The van der Waals surface area contributed by atoms with E-state index in [1.165, 1.54) is 12.1 Å². The highest BCUT2D eigenvalue weighted by Crippen LogP contribution is 2.23. The standard InChI is InChI=1S/C14H13FN2OS/c15-12-7-10(6-11(8-12)14(16)17-18)9-19-13-4-2-1-3-5-13/h1-8,18H,9H2,(H2,16,17). The molecule has 0 fully saturated rings. The van der Waals surface area contributed by atoms with Crippen molar-refractivity contribution in [3.05, 3.63) is 65.5 Å². The lowest BCUT2D eigenvalue weighted by atomic mass is 10.1. The molecule has 0 aliphatic heterocycles. The van der Waals surface area contributed by atoms with E-state index in [-0.39, 0.29) is 5.84 Å². The maximum Gasteiger partial charge on any atom is 0.170 e. The third-order valence-corrected chi connectivity index (χ3v) is 3.59. The van der Waals surface area contributed by atoms with E-state index in [0.717, 1.165) is 10.5 Å². The Morgan fingerprint density at radius 3 is 2.63 bits per heavy atom. The zero-order chi connectivity index (χ0) is 13.7. The number of oxime groups is 1. The van der Waals surface area contributed by atoms with Gasteiger partial charge in [-0.3, -0.25) is 0 Å². The molecule has 0 heterocycles. The van der Waals surface area contributed by atoms with Crippen LogP contribution in [0.1, 0.15) is 11.1 Å². The quantitative estimate of drug-likeness (QED) is 0.296. The molecule has 0 bridgehead atoms. The van der Waals surface area contributed by atoms with Crippen LogP contribution in [-0.2, 0) is 5.75 Å². The van der Waals surface area contributed by atoms with E-state index in [2.05, 4.69) is 5.16 Å². The van der Waals surface area contributed by atoms with Gasteiger partial charge in [0.05, 0.1) is 0 Å². The maximum atomic E-state index is 13.4. The predicted octanol–water partition coefficient (Wildman–Crippen LogP) is 3.21. The van der Waals surface area contributed by atoms with Gasteiger partial charge in [0.2, 0.25) is 0 Å². The lowest BCUT2D eigenvalue weighted by Crippen LogP contribution is -2.13. The molecule has 98 valence electrons. The van der Waals surface area contributed by atoms with Crippen molar-refractivity contribution in [1.29, 1.82) is 0 Å². The van der Waals surface area contributed by atoms with Crippen molar-refractivity contribution in [3.63, 3.8) is 0 Å². The second-order valence-electron chi connectivity index (χ2n) is 3.94. The Balaban J connectivity index is 2.14. The molecule has 0 saturated heterocycles. The fraction of sp³-hybridized carbons (Fsp3) is 0.0714. The topological polar surface area (TPSA) is 58.6 Å². The molecule has 0 aliphatic rings. The number of nitrogens with zero attached hydrogens (tertiary/aromatic N) is 1. The monoisotopic (exact) mass is 276 g/mol. The zero-order valence-corrected chi connectivity index (χ0v) is 10.9. The van der Waals surface area contributed by atoms with Gasteiger partial charge in [-0.25, -0.2) is 4.39 Å². The molecule has 0 aromatic heterocycles. The molecule has 2 aromatic carbocycles. The normalized spacial score (nSPS) is 11.5. The van der Waals surface area contributed by atoms with Crippen LogP contribution in [0.4, 0.5) is 4.39 Å². The molecule has 0 amide bonds. The first-order valence-corrected chi connectivity index (χ1v) is 6.63. The van der Waals surface area contributed by atoms with Crippen LogP contribution in [0.2, 0.25) is 0 Å². The van der Waals surface area contributed by atoms with Gasteiger partial charge < -0.3 is 10.9 Å². The second-order valence-corrected chi connectivity index (χ2v) is 4.98. The Morgan fingerprint density at radius 2 is 1.95 bits per heavy atom. The first-order valence-electron chi connectivity index (χ1n) is 5.64. The summed E-state index contributed by atoms with van der Waals surface area (Å²) >= 11 is 1.60. The van der Waals surface area contributed by atoms with E-state index in [9.17, 15) is 4.39 Å². The summed E-state index contributed by atoms with van der Waals surface area (Å²) in [5.41, 5.74) is 6.63. The highest BCUT2D eigenvalue weighted by molar-refractivity contribution is 7.98. The molecule has 0 spiro atoms. The van der Waals surface area contributed by atoms with E-state index in [4.69, 9.17) is 10.9 Å². The number of hydrogen-bond acceptors (Lipinski definition) is 3. The Morgan fingerprint density at radius 1 is 1.21 bits per heavy atom. The molecule has 0 atom stereocenters. The SMILES string of the molecule is N/C(=N/O)c1cc(F)cc(CSc2ccccc2)c1. The molecule has 3 N–H and O–H groups in total. The summed E-state index contributed by atoms with van der Waals surface area (Å²) < 4.78 is 13.4. The van der Waals surface area contributed by atoms with Gasteiger partial charge in [0.15, 0.2) is 5.84 Å². The van der Waals surface area contributed by atoms with Crippen LogP contribution < -0.4 is 5.73 Å². The van der Waals surface area contributed by atoms with Crippen molar-refractivity contribution in [2.75, 3.05) is 0 Å². The van der Waals surface area contributed by atoms with Gasteiger partial charge in [-0.1, -0.05) is 23.4 Å². The van der Waals surface area contributed by atoms with E-state index in [1.54, 1.807) is 17.8 Å². The molecule has 5 heteroatoms. The van der Waals surface area contributed by atoms with Gasteiger partial charge in [0, 0.05) is 16.2 Å². The van der Waals surface area contributed by atoms with E-state index in [0.29, 0.717) is 11.3 Å². The van der Waals surface area contributed by atoms with Gasteiger partial charge in [0.1, 0.15) is 5.82 Å². The summed E-state index contributed by atoms with van der Waals surface area (Å²) in [5, 5.41) is 11.5. The summed E-state index contributed by atoms with van der Waals surface area (Å²) in [6, 6.07) is 14.3. The highest BCUT2D eigenvalue weighted by Gasteiger charge is 2.05. The summed E-state index contributed by atoms with van der Waals surface area (Å²) in [6.07, 6.45) is 0. The number of benzene rings is 2. The summed E-state index contributed by atoms with van der Waals surface area (Å²) in [6.45, 7) is 0. The average molecular weight is 276 g/mol. The second kappa shape index (κ2) is 6.24. The van der Waals surface area contributed by atoms with Gasteiger partial charge in [-0.05, 0) is 35.9 Å². The number of amidine groups is 1. The van der Waals surface area contributed by atoms with Crippen molar-refractivity contribution >= 4 is 17.6 Å². The van der Waals surface area contributed by atoms with Crippen LogP contribution in [0.15, 0.2) is 58.6 Å². The lowest BCUT2D eigenvalue weighted by Gasteiger charge is -2.05. The van der Waals surface area contributed by atoms with Crippen LogP contribution >= 0.6 is 11.8 Å². The first-order chi connectivity index (χ1) is 9.19. The Labute approximate surface area is 114 Å². The molecular weight excluding hydrogens is 263 g/mol. The van der Waals surface area contributed by atoms with Crippen molar-refractivity contribution in [2.45, 2.75) is 10.6 Å². The smallest absolute Gasteiger partial charge is 0.170 e. The Kier molecular flexibility index (Phi) is 4.41. The van der Waals surface area contributed by atoms with Gasteiger partial charge in [0.25, 0.3) is 0 Å². The largest absolute Gasteiger partial charge is 0.409 e. The van der Waals surface area contributed by atoms with Crippen molar-refractivity contribution < 1.29 is 9.60 Å². The lowest BCUT2D eigenvalue weighted by molar-refractivity contribution is 0.318. The van der Waals surface area contributed by atoms with Crippen LogP contribution in [0.5, 0.6) is 0 Å². The Bertz CT molecular complexity index is 587. The maximum absolute atomic E-state index is 13.4. The van der Waals surface area contributed by atoms with Crippen molar-refractivity contribution in [1.82, 2.24) is 0 Å². The molecular formula is C14H13FN2OS. The van der Waals surface area contributed by atoms with Gasteiger partial charge in [-0.15, -0.1) is 11.8 Å². The molecule has 0 saturated carbocycles. The zero-order valence-electron chi connectivity index (χ0n) is 10.1. The number of thioether (sulfide) groups is 1. The van der Waals surface area contributed by atoms with Gasteiger partial charge in [-0.2, -0.15) is 0 Å². The van der Waals surface area contributed by atoms with Crippen LogP contribution in [0, 0.1) is 5.82 Å². The predicted molar refractivity (Wildman–Crippen MR) is 74.9 cm³/mol. The van der Waals surface area contributed by atoms with Crippen LogP contribution in [0.25, 0.3) is 0 Å². The number of hydrogen-bond donors (Lipinski definition) is 2. The van der Waals surface area contributed by atoms with Crippen molar-refractivity contribution in [2.24, 2.45) is 10.9 Å². The minimum absolute atomic E-state index is 0.0922. The molecule has 0 radical (unpaired) electrons. The highest BCUT2D eigenvalue weighted by atomic mass is 32.2. The fourth-order valence-corrected chi connectivity index (χ4v) is 2.47. The average Bonchev–Trinajstić information content (AvgIpc) is 2.45. The van der Waals surface area contributed by atoms with Crippen molar-refractivity contribution in [3.8, 4) is 0 Å². The molecule has 0 aliphatic carbocycles. The third kappa shape index (κ3) is 3.72. The van der Waals surface area contributed by atoms with Crippen LogP contribution in [0.3, 0.4) is 0 Å². The molecule has 0 unspecified atom stereocenters. The minimum atomic E-state index is -0.396. The molecule has 3 nitrogen and oxygen atoms in total. The van der Waals surface area contributed by atoms with Gasteiger partial charge >= 0.3 is 0 Å². The third-order valence-electron chi connectivity index (χ3n) is 2.51. The number of nitrogens with two attached hydrogens (primary N) is 1.